The minimum Gasteiger partial charge on any atom is -0.384 e. The number of methoxy groups -OCH3 is 1. The van der Waals surface area contributed by atoms with E-state index in [0.717, 1.165) is 12.4 Å². The molecule has 0 aromatic carbocycles. The Morgan fingerprint density at radius 1 is 1.60 bits per heavy atom. The number of halogens is 1. The molecule has 3 heteroatoms. The highest BCUT2D eigenvalue weighted by Crippen LogP contribution is 2.11. The minimum atomic E-state index is -0.202. The zero-order chi connectivity index (χ0) is 7.82. The Balaban J connectivity index is 2.97. The molecule has 0 aliphatic rings. The maximum atomic E-state index is 11.6. The molecule has 0 heterocycles. The fraction of sp³-hybridized carbons (Fsp3) is 1.00. The van der Waals surface area contributed by atoms with Crippen molar-refractivity contribution in [1.29, 1.82) is 0 Å². The fourth-order valence-electron chi connectivity index (χ4n) is 0.622. The molecule has 1 atom stereocenters. The Kier molecular flexibility index (Phi) is 7.52. The first-order valence-corrected chi connectivity index (χ1v) is 4.52. The van der Waals surface area contributed by atoms with Crippen LogP contribution in [0.25, 0.3) is 0 Å². The lowest BCUT2D eigenvalue weighted by molar-refractivity contribution is 0.203. The highest BCUT2D eigenvalue weighted by atomic mass is 32.2. The van der Waals surface area contributed by atoms with Crippen molar-refractivity contribution in [2.75, 3.05) is 26.1 Å². The molecule has 0 N–H and O–H groups in total. The minimum absolute atomic E-state index is 0.202. The van der Waals surface area contributed by atoms with E-state index in [1.807, 2.05) is 0 Å². The third-order valence-corrected chi connectivity index (χ3v) is 2.31. The van der Waals surface area contributed by atoms with Gasteiger partial charge in [0.25, 0.3) is 0 Å². The Bertz CT molecular complexity index is 70.6. The van der Waals surface area contributed by atoms with Gasteiger partial charge in [-0.1, -0.05) is 6.92 Å². The zero-order valence-electron chi connectivity index (χ0n) is 6.60. The normalized spacial score (nSPS) is 13.5. The smallest absolute Gasteiger partial charge is 0.0902 e. The van der Waals surface area contributed by atoms with E-state index in [1.54, 1.807) is 18.9 Å². The molecule has 0 bridgehead atoms. The number of ether oxygens (including phenoxy) is 1. The lowest BCUT2D eigenvalue weighted by Gasteiger charge is -2.07. The van der Waals surface area contributed by atoms with Crippen LogP contribution in [0, 0.1) is 0 Å². The van der Waals surface area contributed by atoms with Crippen molar-refractivity contribution in [1.82, 2.24) is 0 Å². The Labute approximate surface area is 66.3 Å². The Hall–Kier alpha value is 0.240. The number of alkyl halides is 1. The second-order valence-corrected chi connectivity index (χ2v) is 3.73. The first-order chi connectivity index (χ1) is 4.81. The maximum absolute atomic E-state index is 11.6. The van der Waals surface area contributed by atoms with Crippen LogP contribution in [0.2, 0.25) is 0 Å². The predicted molar refractivity (Wildman–Crippen MR) is 44.4 cm³/mol. The third-order valence-electron chi connectivity index (χ3n) is 1.08. The molecule has 0 amide bonds. The van der Waals surface area contributed by atoms with Crippen LogP contribution in [0.1, 0.15) is 13.3 Å². The van der Waals surface area contributed by atoms with E-state index < -0.39 is 0 Å². The average Bonchev–Trinajstić information content (AvgIpc) is 1.89. The standard InChI is InChI=1S/C7H15FOS/c1-7(6-9-2)10-5-3-4-8/h7H,3-6H2,1-2H3. The summed E-state index contributed by atoms with van der Waals surface area (Å²) < 4.78 is 16.5. The number of thioether (sulfide) groups is 1. The van der Waals surface area contributed by atoms with Gasteiger partial charge < -0.3 is 4.74 Å². The van der Waals surface area contributed by atoms with Crippen LogP contribution >= 0.6 is 11.8 Å². The number of hydrogen-bond donors (Lipinski definition) is 0. The second-order valence-electron chi connectivity index (χ2n) is 2.18. The molecule has 10 heavy (non-hydrogen) atoms. The van der Waals surface area contributed by atoms with E-state index in [-0.39, 0.29) is 6.67 Å². The van der Waals surface area contributed by atoms with E-state index in [0.29, 0.717) is 11.7 Å². The van der Waals surface area contributed by atoms with Crippen LogP contribution in [-0.4, -0.2) is 31.4 Å². The second kappa shape index (κ2) is 7.35. The average molecular weight is 166 g/mol. The van der Waals surface area contributed by atoms with E-state index in [9.17, 15) is 4.39 Å². The lowest BCUT2D eigenvalue weighted by Crippen LogP contribution is -2.06. The van der Waals surface area contributed by atoms with Crippen molar-refractivity contribution in [3.63, 3.8) is 0 Å². The molecular weight excluding hydrogens is 151 g/mol. The van der Waals surface area contributed by atoms with Crippen molar-refractivity contribution in [3.8, 4) is 0 Å². The van der Waals surface area contributed by atoms with Crippen LogP contribution in [0.15, 0.2) is 0 Å². The summed E-state index contributed by atoms with van der Waals surface area (Å²) in [5, 5.41) is 0.497. The SMILES string of the molecule is COCC(C)SCCCF. The van der Waals surface area contributed by atoms with Crippen molar-refractivity contribution in [2.45, 2.75) is 18.6 Å². The van der Waals surface area contributed by atoms with Crippen LogP contribution in [0.5, 0.6) is 0 Å². The molecule has 0 rings (SSSR count). The summed E-state index contributed by atoms with van der Waals surface area (Å²) in [7, 11) is 1.69. The summed E-state index contributed by atoms with van der Waals surface area (Å²) in [4.78, 5) is 0. The summed E-state index contributed by atoms with van der Waals surface area (Å²) in [6.07, 6.45) is 0.665. The van der Waals surface area contributed by atoms with Crippen molar-refractivity contribution in [2.24, 2.45) is 0 Å². The van der Waals surface area contributed by atoms with Gasteiger partial charge in [-0.2, -0.15) is 11.8 Å². The van der Waals surface area contributed by atoms with Crippen molar-refractivity contribution in [3.05, 3.63) is 0 Å². The fourth-order valence-corrected chi connectivity index (χ4v) is 1.53. The van der Waals surface area contributed by atoms with Gasteiger partial charge in [0.05, 0.1) is 13.3 Å². The van der Waals surface area contributed by atoms with Gasteiger partial charge in [0.2, 0.25) is 0 Å². The van der Waals surface area contributed by atoms with Gasteiger partial charge in [-0.15, -0.1) is 0 Å². The largest absolute Gasteiger partial charge is 0.384 e. The molecule has 0 saturated heterocycles. The van der Waals surface area contributed by atoms with Crippen LogP contribution in [0.3, 0.4) is 0 Å². The topological polar surface area (TPSA) is 9.23 Å². The van der Waals surface area contributed by atoms with Gasteiger partial charge in [-0.05, 0) is 12.2 Å². The molecule has 62 valence electrons. The van der Waals surface area contributed by atoms with Gasteiger partial charge in [0.1, 0.15) is 0 Å². The quantitative estimate of drug-likeness (QED) is 0.559. The highest BCUT2D eigenvalue weighted by Gasteiger charge is 1.99. The highest BCUT2D eigenvalue weighted by molar-refractivity contribution is 7.99. The van der Waals surface area contributed by atoms with Gasteiger partial charge in [-0.3, -0.25) is 4.39 Å². The summed E-state index contributed by atoms with van der Waals surface area (Å²) in [5.41, 5.74) is 0. The number of rotatable bonds is 6. The summed E-state index contributed by atoms with van der Waals surface area (Å²) in [5.74, 6) is 0.904. The molecular formula is C7H15FOS. The molecule has 0 fully saturated rings. The molecule has 1 unspecified atom stereocenters. The molecule has 0 aromatic heterocycles. The molecule has 0 spiro atoms. The van der Waals surface area contributed by atoms with Crippen molar-refractivity contribution >= 4 is 11.8 Å². The lowest BCUT2D eigenvalue weighted by atomic mass is 10.5. The third kappa shape index (κ3) is 6.36. The van der Waals surface area contributed by atoms with Crippen LogP contribution in [-0.2, 0) is 4.74 Å². The summed E-state index contributed by atoms with van der Waals surface area (Å²) in [6.45, 7) is 2.65. The monoisotopic (exact) mass is 166 g/mol. The van der Waals surface area contributed by atoms with E-state index in [2.05, 4.69) is 6.92 Å². The molecule has 1 nitrogen and oxygen atoms in total. The van der Waals surface area contributed by atoms with Crippen LogP contribution < -0.4 is 0 Å². The van der Waals surface area contributed by atoms with Gasteiger partial charge >= 0.3 is 0 Å². The molecule has 0 aromatic rings. The Morgan fingerprint density at radius 2 is 2.30 bits per heavy atom. The molecule has 0 aliphatic heterocycles. The first kappa shape index (κ1) is 10.2. The van der Waals surface area contributed by atoms with Gasteiger partial charge in [0.15, 0.2) is 0 Å². The van der Waals surface area contributed by atoms with E-state index in [1.165, 1.54) is 0 Å². The molecule has 0 radical (unpaired) electrons. The van der Waals surface area contributed by atoms with Crippen molar-refractivity contribution < 1.29 is 9.13 Å². The molecule has 0 saturated carbocycles. The van der Waals surface area contributed by atoms with Crippen LogP contribution in [0.4, 0.5) is 4.39 Å². The predicted octanol–water partition coefficient (Wildman–Crippen LogP) is 2.11. The number of hydrogen-bond acceptors (Lipinski definition) is 2. The Morgan fingerprint density at radius 3 is 2.80 bits per heavy atom. The summed E-state index contributed by atoms with van der Waals surface area (Å²) >= 11 is 1.76. The maximum Gasteiger partial charge on any atom is 0.0902 e. The summed E-state index contributed by atoms with van der Waals surface area (Å²) in [6, 6.07) is 0. The van der Waals surface area contributed by atoms with E-state index >= 15 is 0 Å². The van der Waals surface area contributed by atoms with E-state index in [4.69, 9.17) is 4.74 Å². The first-order valence-electron chi connectivity index (χ1n) is 3.47. The molecule has 0 aliphatic carbocycles. The zero-order valence-corrected chi connectivity index (χ0v) is 7.42. The van der Waals surface area contributed by atoms with Gasteiger partial charge in [-0.25, -0.2) is 0 Å². The van der Waals surface area contributed by atoms with Gasteiger partial charge in [0, 0.05) is 12.4 Å².